The molecule has 0 aliphatic carbocycles. The molecule has 0 bridgehead atoms. The molecule has 3 atom stereocenters. The Hall–Kier alpha value is -0.420. The molecule has 0 amide bonds. The summed E-state index contributed by atoms with van der Waals surface area (Å²) < 4.78 is 5.23. The summed E-state index contributed by atoms with van der Waals surface area (Å²) in [5, 5.41) is 15.6. The van der Waals surface area contributed by atoms with Crippen LogP contribution in [0.5, 0.6) is 0 Å². The Morgan fingerprint density at radius 1 is 1.56 bits per heavy atom. The highest BCUT2D eigenvalue weighted by Crippen LogP contribution is 2.24. The van der Waals surface area contributed by atoms with Crippen LogP contribution in [-0.2, 0) is 10.3 Å². The predicted octanol–water partition coefficient (Wildman–Crippen LogP) is 1.97. The lowest BCUT2D eigenvalue weighted by atomic mass is 10.0. The van der Waals surface area contributed by atoms with E-state index in [9.17, 15) is 5.11 Å². The van der Waals surface area contributed by atoms with Crippen molar-refractivity contribution in [3.05, 3.63) is 22.4 Å². The molecule has 1 rings (SSSR count). The molecule has 3 nitrogen and oxygen atoms in total. The summed E-state index contributed by atoms with van der Waals surface area (Å²) in [7, 11) is 1.69. The Balaban J connectivity index is 2.48. The minimum absolute atomic E-state index is 0.138. The predicted molar refractivity (Wildman–Crippen MR) is 67.8 cm³/mol. The van der Waals surface area contributed by atoms with Crippen molar-refractivity contribution < 1.29 is 9.84 Å². The smallest absolute Gasteiger partial charge is 0.108 e. The zero-order valence-corrected chi connectivity index (χ0v) is 11.2. The molecule has 92 valence electrons. The van der Waals surface area contributed by atoms with Gasteiger partial charge < -0.3 is 15.2 Å². The van der Waals surface area contributed by atoms with Gasteiger partial charge in [0, 0.05) is 24.6 Å². The first-order valence-corrected chi connectivity index (χ1v) is 6.38. The Morgan fingerprint density at radius 3 is 2.75 bits per heavy atom. The quantitative estimate of drug-likeness (QED) is 0.802. The van der Waals surface area contributed by atoms with Gasteiger partial charge >= 0.3 is 0 Å². The Bertz CT molecular complexity index is 298. The van der Waals surface area contributed by atoms with Gasteiger partial charge in [0.2, 0.25) is 0 Å². The monoisotopic (exact) mass is 243 g/mol. The minimum Gasteiger partial charge on any atom is -0.383 e. The Morgan fingerprint density at radius 2 is 2.25 bits per heavy atom. The van der Waals surface area contributed by atoms with Crippen molar-refractivity contribution >= 4 is 11.3 Å². The standard InChI is InChI=1S/C12H21NO2S/c1-9(10(2)15-4)13-8-12(3,14)11-6-5-7-16-11/h5-7,9-10,13-14H,8H2,1-4H3. The summed E-state index contributed by atoms with van der Waals surface area (Å²) in [5.74, 6) is 0. The van der Waals surface area contributed by atoms with E-state index in [-0.39, 0.29) is 12.1 Å². The Kier molecular flexibility index (Phi) is 4.92. The maximum atomic E-state index is 10.3. The average molecular weight is 243 g/mol. The second-order valence-electron chi connectivity index (χ2n) is 4.36. The van der Waals surface area contributed by atoms with E-state index < -0.39 is 5.60 Å². The number of ether oxygens (including phenoxy) is 1. The number of hydrogen-bond acceptors (Lipinski definition) is 4. The molecule has 0 aromatic carbocycles. The molecule has 0 radical (unpaired) electrons. The summed E-state index contributed by atoms with van der Waals surface area (Å²) in [6.07, 6.45) is 0.138. The van der Waals surface area contributed by atoms with Gasteiger partial charge in [0.15, 0.2) is 0 Å². The zero-order valence-electron chi connectivity index (χ0n) is 10.4. The molecule has 3 unspecified atom stereocenters. The van der Waals surface area contributed by atoms with E-state index in [4.69, 9.17) is 4.74 Å². The SMILES string of the molecule is COC(C)C(C)NCC(C)(O)c1cccs1. The van der Waals surface area contributed by atoms with E-state index in [0.717, 1.165) is 4.88 Å². The van der Waals surface area contributed by atoms with Crippen LogP contribution in [0.4, 0.5) is 0 Å². The summed E-state index contributed by atoms with van der Waals surface area (Å²) in [6.45, 7) is 6.43. The van der Waals surface area contributed by atoms with Crippen LogP contribution >= 0.6 is 11.3 Å². The van der Waals surface area contributed by atoms with Crippen LogP contribution in [0.15, 0.2) is 17.5 Å². The lowest BCUT2D eigenvalue weighted by molar-refractivity contribution is 0.0412. The third-order valence-electron chi connectivity index (χ3n) is 2.90. The first-order chi connectivity index (χ1) is 7.47. The lowest BCUT2D eigenvalue weighted by Gasteiger charge is -2.27. The highest BCUT2D eigenvalue weighted by Gasteiger charge is 2.25. The molecule has 16 heavy (non-hydrogen) atoms. The zero-order chi connectivity index (χ0) is 12.2. The number of methoxy groups -OCH3 is 1. The van der Waals surface area contributed by atoms with Crippen LogP contribution in [0, 0.1) is 0 Å². The number of nitrogens with one attached hydrogen (secondary N) is 1. The average Bonchev–Trinajstić information content (AvgIpc) is 2.78. The van der Waals surface area contributed by atoms with Crippen LogP contribution in [0.25, 0.3) is 0 Å². The van der Waals surface area contributed by atoms with Gasteiger partial charge in [0.25, 0.3) is 0 Å². The third-order valence-corrected chi connectivity index (χ3v) is 4.02. The molecule has 0 saturated carbocycles. The third kappa shape index (κ3) is 3.56. The molecule has 4 heteroatoms. The van der Waals surface area contributed by atoms with Gasteiger partial charge in [-0.05, 0) is 32.2 Å². The van der Waals surface area contributed by atoms with Gasteiger partial charge in [-0.2, -0.15) is 0 Å². The number of hydrogen-bond donors (Lipinski definition) is 2. The first-order valence-electron chi connectivity index (χ1n) is 5.50. The van der Waals surface area contributed by atoms with Crippen molar-refractivity contribution in [1.29, 1.82) is 0 Å². The first kappa shape index (κ1) is 13.6. The minimum atomic E-state index is -0.810. The van der Waals surface area contributed by atoms with Crippen molar-refractivity contribution in [2.75, 3.05) is 13.7 Å². The molecular weight excluding hydrogens is 222 g/mol. The van der Waals surface area contributed by atoms with Crippen LogP contribution in [0.3, 0.4) is 0 Å². The van der Waals surface area contributed by atoms with E-state index in [1.165, 1.54) is 0 Å². The molecule has 0 aliphatic rings. The van der Waals surface area contributed by atoms with Gasteiger partial charge in [-0.15, -0.1) is 11.3 Å². The number of aliphatic hydroxyl groups is 1. The second kappa shape index (κ2) is 5.77. The Labute approximate surface area is 101 Å². The van der Waals surface area contributed by atoms with E-state index in [2.05, 4.69) is 12.2 Å². The maximum absolute atomic E-state index is 10.3. The van der Waals surface area contributed by atoms with Crippen LogP contribution in [-0.4, -0.2) is 30.9 Å². The fourth-order valence-corrected chi connectivity index (χ4v) is 2.19. The summed E-state index contributed by atoms with van der Waals surface area (Å²) in [5.41, 5.74) is -0.810. The molecule has 0 aliphatic heterocycles. The highest BCUT2D eigenvalue weighted by atomic mass is 32.1. The molecule has 0 saturated heterocycles. The lowest BCUT2D eigenvalue weighted by Crippen LogP contribution is -2.44. The van der Waals surface area contributed by atoms with Crippen molar-refractivity contribution in [2.45, 2.75) is 38.5 Å². The van der Waals surface area contributed by atoms with Gasteiger partial charge in [-0.3, -0.25) is 0 Å². The van der Waals surface area contributed by atoms with Crippen LogP contribution < -0.4 is 5.32 Å². The number of rotatable bonds is 6. The number of thiophene rings is 1. The summed E-state index contributed by atoms with van der Waals surface area (Å²) in [4.78, 5) is 0.984. The highest BCUT2D eigenvalue weighted by molar-refractivity contribution is 7.10. The van der Waals surface area contributed by atoms with Gasteiger partial charge in [0.1, 0.15) is 5.60 Å². The summed E-state index contributed by atoms with van der Waals surface area (Å²) >= 11 is 1.57. The second-order valence-corrected chi connectivity index (χ2v) is 5.31. The van der Waals surface area contributed by atoms with Crippen LogP contribution in [0.2, 0.25) is 0 Å². The topological polar surface area (TPSA) is 41.5 Å². The van der Waals surface area contributed by atoms with E-state index >= 15 is 0 Å². The van der Waals surface area contributed by atoms with E-state index in [1.54, 1.807) is 18.4 Å². The maximum Gasteiger partial charge on any atom is 0.108 e. The van der Waals surface area contributed by atoms with E-state index in [0.29, 0.717) is 6.54 Å². The van der Waals surface area contributed by atoms with Crippen molar-refractivity contribution in [3.8, 4) is 0 Å². The summed E-state index contributed by atoms with van der Waals surface area (Å²) in [6, 6.07) is 4.13. The largest absolute Gasteiger partial charge is 0.383 e. The fraction of sp³-hybridized carbons (Fsp3) is 0.667. The molecule has 1 aromatic rings. The molecule has 1 aromatic heterocycles. The van der Waals surface area contributed by atoms with Gasteiger partial charge in [-0.25, -0.2) is 0 Å². The van der Waals surface area contributed by atoms with Gasteiger partial charge in [0.05, 0.1) is 6.10 Å². The fourth-order valence-electron chi connectivity index (χ4n) is 1.40. The molecule has 1 heterocycles. The molecule has 2 N–H and O–H groups in total. The van der Waals surface area contributed by atoms with Crippen molar-refractivity contribution in [1.82, 2.24) is 5.32 Å². The molecule has 0 spiro atoms. The molecule has 0 fully saturated rings. The van der Waals surface area contributed by atoms with Crippen LogP contribution in [0.1, 0.15) is 25.6 Å². The van der Waals surface area contributed by atoms with E-state index in [1.807, 2.05) is 31.4 Å². The normalized spacial score (nSPS) is 19.1. The van der Waals surface area contributed by atoms with Gasteiger partial charge in [-0.1, -0.05) is 6.07 Å². The van der Waals surface area contributed by atoms with Crippen molar-refractivity contribution in [2.24, 2.45) is 0 Å². The molecular formula is C12H21NO2S. The van der Waals surface area contributed by atoms with Crippen molar-refractivity contribution in [3.63, 3.8) is 0 Å².